The lowest BCUT2D eigenvalue weighted by Gasteiger charge is -2.32. The van der Waals surface area contributed by atoms with Crippen LogP contribution in [0.1, 0.15) is 19.4 Å². The summed E-state index contributed by atoms with van der Waals surface area (Å²) in [6.45, 7) is 3.29. The van der Waals surface area contributed by atoms with E-state index in [0.29, 0.717) is 23.4 Å². The van der Waals surface area contributed by atoms with E-state index in [-0.39, 0.29) is 17.4 Å². The molecule has 1 amide bonds. The average molecular weight is 472 g/mol. The van der Waals surface area contributed by atoms with Gasteiger partial charge >= 0.3 is 12.4 Å². The van der Waals surface area contributed by atoms with Crippen LogP contribution in [0.3, 0.4) is 0 Å². The number of hydrogen-bond acceptors (Lipinski definition) is 4. The zero-order chi connectivity index (χ0) is 24.6. The van der Waals surface area contributed by atoms with Crippen LogP contribution >= 0.6 is 0 Å². The van der Waals surface area contributed by atoms with Crippen LogP contribution in [0.25, 0.3) is 16.9 Å². The molecule has 33 heavy (non-hydrogen) atoms. The maximum atomic E-state index is 13.1. The minimum atomic E-state index is -6.00. The number of rotatable bonds is 5. The topological polar surface area (TPSA) is 80.0 Å². The minimum absolute atomic E-state index is 0.0600. The Bertz CT molecular complexity index is 1110. The van der Waals surface area contributed by atoms with Gasteiger partial charge in [0.1, 0.15) is 5.82 Å². The number of pyridine rings is 1. The minimum Gasteiger partial charge on any atom is -0.369 e. The fourth-order valence-electron chi connectivity index (χ4n) is 2.93. The number of anilines is 1. The highest BCUT2D eigenvalue weighted by molar-refractivity contribution is 5.92. The summed E-state index contributed by atoms with van der Waals surface area (Å²) >= 11 is 0. The van der Waals surface area contributed by atoms with Gasteiger partial charge in [0.25, 0.3) is 5.60 Å². The monoisotopic (exact) mass is 472 g/mol. The van der Waals surface area contributed by atoms with E-state index in [1.54, 1.807) is 26.0 Å². The number of alkyl halides is 6. The first-order valence-corrected chi connectivity index (χ1v) is 9.53. The number of aliphatic hydroxyl groups is 1. The van der Waals surface area contributed by atoms with Crippen molar-refractivity contribution in [3.8, 4) is 16.9 Å². The van der Waals surface area contributed by atoms with Gasteiger partial charge in [-0.2, -0.15) is 31.4 Å². The molecule has 3 aromatic rings. The van der Waals surface area contributed by atoms with E-state index in [1.165, 1.54) is 23.1 Å². The lowest BCUT2D eigenvalue weighted by Crippen LogP contribution is -2.53. The number of aromatic nitrogens is 3. The van der Waals surface area contributed by atoms with Crippen molar-refractivity contribution in [2.24, 2.45) is 5.92 Å². The van der Waals surface area contributed by atoms with E-state index in [9.17, 15) is 36.2 Å². The second-order valence-electron chi connectivity index (χ2n) is 7.46. The Morgan fingerprint density at radius 2 is 1.52 bits per heavy atom. The van der Waals surface area contributed by atoms with Crippen LogP contribution in [0.15, 0.2) is 54.9 Å². The summed E-state index contributed by atoms with van der Waals surface area (Å²) in [5, 5.41) is 16.5. The molecule has 176 valence electrons. The van der Waals surface area contributed by atoms with E-state index in [1.807, 2.05) is 0 Å². The molecule has 2 heterocycles. The second-order valence-corrected chi connectivity index (χ2v) is 7.46. The molecule has 0 saturated carbocycles. The van der Waals surface area contributed by atoms with Crippen LogP contribution in [-0.2, 0) is 10.4 Å². The van der Waals surface area contributed by atoms with Crippen molar-refractivity contribution in [2.75, 3.05) is 5.32 Å². The lowest BCUT2D eigenvalue weighted by atomic mass is 9.92. The van der Waals surface area contributed by atoms with E-state index in [2.05, 4.69) is 15.4 Å². The number of carbonyl (C=O) groups excluding carboxylic acids is 1. The van der Waals surface area contributed by atoms with Crippen molar-refractivity contribution in [1.82, 2.24) is 14.8 Å². The number of hydrogen-bond donors (Lipinski definition) is 2. The summed E-state index contributed by atoms with van der Waals surface area (Å²) in [4.78, 5) is 16.1. The normalized spacial score (nSPS) is 12.8. The molecular weight excluding hydrogens is 454 g/mol. The Hall–Kier alpha value is -3.41. The van der Waals surface area contributed by atoms with Gasteiger partial charge in [0.15, 0.2) is 0 Å². The maximum Gasteiger partial charge on any atom is 0.430 e. The van der Waals surface area contributed by atoms with Crippen molar-refractivity contribution >= 4 is 11.7 Å². The second kappa shape index (κ2) is 8.50. The molecule has 2 N–H and O–H groups in total. The Morgan fingerprint density at radius 3 is 2.00 bits per heavy atom. The van der Waals surface area contributed by atoms with Crippen LogP contribution in [0.2, 0.25) is 0 Å². The molecule has 0 unspecified atom stereocenters. The van der Waals surface area contributed by atoms with Crippen LogP contribution in [0, 0.1) is 5.92 Å². The van der Waals surface area contributed by atoms with Crippen LogP contribution < -0.4 is 5.32 Å². The van der Waals surface area contributed by atoms with Gasteiger partial charge in [-0.05, 0) is 24.3 Å². The zero-order valence-electron chi connectivity index (χ0n) is 17.2. The standard InChI is InChI=1S/C21H18F6N4O2/c1-12(2)18(32)29-17-11-16(13-7-9-28-10-8-13)30-31(17)15-5-3-14(4-6-15)19(33,20(22,23)24)21(25,26)27/h3-12,33H,1-2H3,(H,29,32). The first-order valence-electron chi connectivity index (χ1n) is 9.53. The fourth-order valence-corrected chi connectivity index (χ4v) is 2.93. The molecule has 6 nitrogen and oxygen atoms in total. The first kappa shape index (κ1) is 24.2. The molecule has 0 spiro atoms. The van der Waals surface area contributed by atoms with Crippen molar-refractivity contribution in [1.29, 1.82) is 0 Å². The van der Waals surface area contributed by atoms with Crippen molar-refractivity contribution in [3.05, 3.63) is 60.4 Å². The third kappa shape index (κ3) is 4.56. The van der Waals surface area contributed by atoms with E-state index in [0.717, 1.165) is 12.1 Å². The highest BCUT2D eigenvalue weighted by Crippen LogP contribution is 2.50. The third-order valence-electron chi connectivity index (χ3n) is 4.81. The Balaban J connectivity index is 2.08. The van der Waals surface area contributed by atoms with Crippen molar-refractivity contribution < 1.29 is 36.2 Å². The molecule has 2 aromatic heterocycles. The fraction of sp³-hybridized carbons (Fsp3) is 0.286. The molecule has 0 aliphatic carbocycles. The maximum absolute atomic E-state index is 13.1. The molecule has 0 fully saturated rings. The highest BCUT2D eigenvalue weighted by Gasteiger charge is 2.71. The molecule has 0 bridgehead atoms. The number of nitrogens with zero attached hydrogens (tertiary/aromatic N) is 3. The van der Waals surface area contributed by atoms with E-state index >= 15 is 0 Å². The van der Waals surface area contributed by atoms with Crippen molar-refractivity contribution in [3.63, 3.8) is 0 Å². The van der Waals surface area contributed by atoms with Gasteiger partial charge in [0, 0.05) is 35.5 Å². The highest BCUT2D eigenvalue weighted by atomic mass is 19.4. The summed E-state index contributed by atoms with van der Waals surface area (Å²) in [6, 6.07) is 7.67. The number of benzene rings is 1. The summed E-state index contributed by atoms with van der Waals surface area (Å²) in [5.74, 6) is -0.638. The summed E-state index contributed by atoms with van der Waals surface area (Å²) < 4.78 is 80.0. The summed E-state index contributed by atoms with van der Waals surface area (Å²) in [7, 11) is 0. The number of halogens is 6. The molecule has 12 heteroatoms. The largest absolute Gasteiger partial charge is 0.430 e. The SMILES string of the molecule is CC(C)C(=O)Nc1cc(-c2ccncc2)nn1-c1ccc(C(O)(C(F)(F)F)C(F)(F)F)cc1. The van der Waals surface area contributed by atoms with Gasteiger partial charge in [-0.15, -0.1) is 0 Å². The number of nitrogens with one attached hydrogen (secondary N) is 1. The van der Waals surface area contributed by atoms with E-state index in [4.69, 9.17) is 0 Å². The van der Waals surface area contributed by atoms with E-state index < -0.39 is 29.4 Å². The van der Waals surface area contributed by atoms with Gasteiger partial charge in [-0.1, -0.05) is 26.0 Å². The van der Waals surface area contributed by atoms with Crippen LogP contribution in [0.4, 0.5) is 32.2 Å². The average Bonchev–Trinajstić information content (AvgIpc) is 3.16. The predicted molar refractivity (Wildman–Crippen MR) is 106 cm³/mol. The first-order chi connectivity index (χ1) is 15.3. The molecule has 0 aliphatic rings. The van der Waals surface area contributed by atoms with Gasteiger partial charge in [-0.25, -0.2) is 4.68 Å². The van der Waals surface area contributed by atoms with Crippen molar-refractivity contribution in [2.45, 2.75) is 31.8 Å². The zero-order valence-corrected chi connectivity index (χ0v) is 17.2. The van der Waals surface area contributed by atoms with Crippen LogP contribution in [-0.4, -0.2) is 38.1 Å². The Morgan fingerprint density at radius 1 is 0.970 bits per heavy atom. The van der Waals surface area contributed by atoms with Gasteiger partial charge in [-0.3, -0.25) is 9.78 Å². The lowest BCUT2D eigenvalue weighted by molar-refractivity contribution is -0.376. The molecule has 1 aromatic carbocycles. The van der Waals surface area contributed by atoms with Gasteiger partial charge in [0.05, 0.1) is 11.4 Å². The third-order valence-corrected chi connectivity index (χ3v) is 4.81. The summed E-state index contributed by atoms with van der Waals surface area (Å²) in [5.41, 5.74) is -5.39. The molecule has 3 rings (SSSR count). The molecule has 0 radical (unpaired) electrons. The Labute approximate surface area is 183 Å². The smallest absolute Gasteiger partial charge is 0.369 e. The predicted octanol–water partition coefficient (Wildman–Crippen LogP) is 4.84. The molecule has 0 aliphatic heterocycles. The van der Waals surface area contributed by atoms with Gasteiger partial charge < -0.3 is 10.4 Å². The molecular formula is C21H18F6N4O2. The molecule has 0 saturated heterocycles. The van der Waals surface area contributed by atoms with Crippen LogP contribution in [0.5, 0.6) is 0 Å². The summed E-state index contributed by atoms with van der Waals surface area (Å²) in [6.07, 6.45) is -8.98. The van der Waals surface area contributed by atoms with Gasteiger partial charge in [0.2, 0.25) is 5.91 Å². The quantitative estimate of drug-likeness (QED) is 0.521. The number of amides is 1. The number of carbonyl (C=O) groups is 1. The Kier molecular flexibility index (Phi) is 6.25. The molecule has 0 atom stereocenters.